The van der Waals surface area contributed by atoms with E-state index in [0.29, 0.717) is 22.5 Å². The van der Waals surface area contributed by atoms with Gasteiger partial charge in [0.15, 0.2) is 5.78 Å². The number of ketones is 1. The number of aromatic nitrogens is 2. The summed E-state index contributed by atoms with van der Waals surface area (Å²) in [6.45, 7) is 5.14. The molecule has 0 aliphatic carbocycles. The highest BCUT2D eigenvalue weighted by Crippen LogP contribution is 2.17. The van der Waals surface area contributed by atoms with Crippen molar-refractivity contribution in [2.75, 3.05) is 0 Å². The summed E-state index contributed by atoms with van der Waals surface area (Å²) in [5.74, 6) is -1.29. The van der Waals surface area contributed by atoms with E-state index in [1.807, 2.05) is 0 Å². The Balaban J connectivity index is 2.39. The molecule has 0 saturated carbocycles. The first-order valence-electron chi connectivity index (χ1n) is 5.89. The lowest BCUT2D eigenvalue weighted by atomic mass is 10.1. The Bertz CT molecular complexity index is 647. The minimum absolute atomic E-state index is 0.0687. The number of hydrogen-bond donors (Lipinski definition) is 0. The third-order valence-electron chi connectivity index (χ3n) is 3.07. The summed E-state index contributed by atoms with van der Waals surface area (Å²) >= 11 is 0. The van der Waals surface area contributed by atoms with Crippen molar-refractivity contribution >= 4 is 5.78 Å². The predicted octanol–water partition coefficient (Wildman–Crippen LogP) is 3.03. The maximum Gasteiger partial charge on any atom is 0.163 e. The molecule has 0 aliphatic rings. The summed E-state index contributed by atoms with van der Waals surface area (Å²) in [5, 5.41) is 4.23. The van der Waals surface area contributed by atoms with Crippen LogP contribution >= 0.6 is 0 Å². The number of carbonyl (C=O) groups excluding carboxylic acids is 1. The molecule has 0 fully saturated rings. The number of halogens is 2. The van der Waals surface area contributed by atoms with Gasteiger partial charge in [0.2, 0.25) is 0 Å². The number of rotatable bonds is 3. The smallest absolute Gasteiger partial charge is 0.163 e. The van der Waals surface area contributed by atoms with Crippen LogP contribution in [0.5, 0.6) is 0 Å². The molecule has 0 amide bonds. The van der Waals surface area contributed by atoms with E-state index in [2.05, 4.69) is 5.10 Å². The minimum Gasteiger partial charge on any atom is -0.294 e. The van der Waals surface area contributed by atoms with E-state index < -0.39 is 11.6 Å². The minimum atomic E-state index is -0.614. The van der Waals surface area contributed by atoms with Gasteiger partial charge >= 0.3 is 0 Å². The fourth-order valence-electron chi connectivity index (χ4n) is 2.17. The summed E-state index contributed by atoms with van der Waals surface area (Å²) in [4.78, 5) is 11.5. The normalized spacial score (nSPS) is 10.8. The SMILES string of the molecule is CC(=O)c1c(C)nn(Cc2ccc(F)cc2F)c1C. The Morgan fingerprint density at radius 1 is 1.32 bits per heavy atom. The van der Waals surface area contributed by atoms with Gasteiger partial charge in [0.25, 0.3) is 0 Å². The zero-order valence-corrected chi connectivity index (χ0v) is 11.0. The molecule has 3 nitrogen and oxygen atoms in total. The van der Waals surface area contributed by atoms with Gasteiger partial charge in [-0.3, -0.25) is 9.48 Å². The van der Waals surface area contributed by atoms with Crippen molar-refractivity contribution < 1.29 is 13.6 Å². The molecular weight excluding hydrogens is 250 g/mol. The van der Waals surface area contributed by atoms with Crippen molar-refractivity contribution in [2.45, 2.75) is 27.3 Å². The van der Waals surface area contributed by atoms with Crippen LogP contribution in [-0.4, -0.2) is 15.6 Å². The molecule has 0 bridgehead atoms. The summed E-state index contributed by atoms with van der Waals surface area (Å²) < 4.78 is 28.0. The second-order valence-corrected chi connectivity index (χ2v) is 4.50. The number of hydrogen-bond acceptors (Lipinski definition) is 2. The van der Waals surface area contributed by atoms with Crippen LogP contribution in [0, 0.1) is 25.5 Å². The van der Waals surface area contributed by atoms with Gasteiger partial charge in [-0.25, -0.2) is 8.78 Å². The van der Waals surface area contributed by atoms with Gasteiger partial charge in [-0.05, 0) is 26.8 Å². The zero-order valence-electron chi connectivity index (χ0n) is 11.0. The lowest BCUT2D eigenvalue weighted by Crippen LogP contribution is -2.07. The monoisotopic (exact) mass is 264 g/mol. The molecule has 100 valence electrons. The number of nitrogens with zero attached hydrogens (tertiary/aromatic N) is 2. The molecule has 0 unspecified atom stereocenters. The van der Waals surface area contributed by atoms with Crippen LogP contribution in [0.3, 0.4) is 0 Å². The number of benzene rings is 1. The number of aryl methyl sites for hydroxylation is 1. The highest BCUT2D eigenvalue weighted by atomic mass is 19.1. The van der Waals surface area contributed by atoms with E-state index in [-0.39, 0.29) is 12.3 Å². The Morgan fingerprint density at radius 3 is 2.53 bits per heavy atom. The topological polar surface area (TPSA) is 34.9 Å². The van der Waals surface area contributed by atoms with Crippen molar-refractivity contribution in [1.29, 1.82) is 0 Å². The van der Waals surface area contributed by atoms with Crippen molar-refractivity contribution in [2.24, 2.45) is 0 Å². The van der Waals surface area contributed by atoms with E-state index in [4.69, 9.17) is 0 Å². The van der Waals surface area contributed by atoms with Crippen molar-refractivity contribution in [1.82, 2.24) is 9.78 Å². The van der Waals surface area contributed by atoms with Crippen molar-refractivity contribution in [3.63, 3.8) is 0 Å². The van der Waals surface area contributed by atoms with Crippen LogP contribution in [0.1, 0.15) is 34.2 Å². The molecule has 2 aromatic rings. The molecule has 0 spiro atoms. The molecule has 0 radical (unpaired) electrons. The molecule has 0 N–H and O–H groups in total. The number of carbonyl (C=O) groups is 1. The average Bonchev–Trinajstić information content (AvgIpc) is 2.58. The van der Waals surface area contributed by atoms with Gasteiger partial charge in [-0.1, -0.05) is 6.07 Å². The molecular formula is C14H14F2N2O. The lowest BCUT2D eigenvalue weighted by Gasteiger charge is -2.06. The van der Waals surface area contributed by atoms with Gasteiger partial charge in [0.05, 0.1) is 17.8 Å². The Hall–Kier alpha value is -2.04. The number of Topliss-reactive ketones (excluding diaryl/α,β-unsaturated/α-hetero) is 1. The highest BCUT2D eigenvalue weighted by molar-refractivity contribution is 5.96. The van der Waals surface area contributed by atoms with Crippen molar-refractivity contribution in [3.05, 3.63) is 52.3 Å². The zero-order chi connectivity index (χ0) is 14.2. The first-order chi connectivity index (χ1) is 8.90. The van der Waals surface area contributed by atoms with Gasteiger partial charge in [-0.2, -0.15) is 5.10 Å². The van der Waals surface area contributed by atoms with Gasteiger partial charge in [0.1, 0.15) is 11.6 Å². The molecule has 0 saturated heterocycles. The van der Waals surface area contributed by atoms with Crippen LogP contribution in [0.4, 0.5) is 8.78 Å². The fraction of sp³-hybridized carbons (Fsp3) is 0.286. The van der Waals surface area contributed by atoms with Crippen LogP contribution < -0.4 is 0 Å². The Labute approximate surface area is 109 Å². The molecule has 1 heterocycles. The second kappa shape index (κ2) is 4.91. The largest absolute Gasteiger partial charge is 0.294 e. The van der Waals surface area contributed by atoms with Crippen LogP contribution in [0.25, 0.3) is 0 Å². The van der Waals surface area contributed by atoms with E-state index >= 15 is 0 Å². The summed E-state index contributed by atoms with van der Waals surface area (Å²) in [6, 6.07) is 3.43. The van der Waals surface area contributed by atoms with Crippen LogP contribution in [-0.2, 0) is 6.54 Å². The quantitative estimate of drug-likeness (QED) is 0.799. The lowest BCUT2D eigenvalue weighted by molar-refractivity contribution is 0.101. The predicted molar refractivity (Wildman–Crippen MR) is 67.2 cm³/mol. The average molecular weight is 264 g/mol. The van der Waals surface area contributed by atoms with Crippen LogP contribution in [0.2, 0.25) is 0 Å². The van der Waals surface area contributed by atoms with E-state index in [1.165, 1.54) is 19.1 Å². The maximum absolute atomic E-state index is 13.6. The molecule has 2 rings (SSSR count). The van der Waals surface area contributed by atoms with Gasteiger partial charge in [0, 0.05) is 17.3 Å². The summed E-state index contributed by atoms with van der Waals surface area (Å²) in [5.41, 5.74) is 2.20. The summed E-state index contributed by atoms with van der Waals surface area (Å²) in [7, 11) is 0. The maximum atomic E-state index is 13.6. The molecule has 1 aromatic heterocycles. The molecule has 0 atom stereocenters. The standard InChI is InChI=1S/C14H14F2N2O/c1-8-14(10(3)19)9(2)18(17-8)7-11-4-5-12(15)6-13(11)16/h4-6H,7H2,1-3H3. The Kier molecular flexibility index (Phi) is 3.46. The first-order valence-corrected chi connectivity index (χ1v) is 5.89. The molecule has 5 heteroatoms. The molecule has 1 aromatic carbocycles. The summed E-state index contributed by atoms with van der Waals surface area (Å²) in [6.07, 6.45) is 0. The van der Waals surface area contributed by atoms with Gasteiger partial charge < -0.3 is 0 Å². The second-order valence-electron chi connectivity index (χ2n) is 4.50. The first kappa shape index (κ1) is 13.4. The highest BCUT2D eigenvalue weighted by Gasteiger charge is 2.16. The Morgan fingerprint density at radius 2 is 2.00 bits per heavy atom. The van der Waals surface area contributed by atoms with E-state index in [0.717, 1.165) is 6.07 Å². The molecule has 0 aliphatic heterocycles. The molecule has 19 heavy (non-hydrogen) atoms. The van der Waals surface area contributed by atoms with Crippen LogP contribution in [0.15, 0.2) is 18.2 Å². The van der Waals surface area contributed by atoms with E-state index in [1.54, 1.807) is 18.5 Å². The fourth-order valence-corrected chi connectivity index (χ4v) is 2.17. The van der Waals surface area contributed by atoms with E-state index in [9.17, 15) is 13.6 Å². The third kappa shape index (κ3) is 2.54. The van der Waals surface area contributed by atoms with Gasteiger partial charge in [-0.15, -0.1) is 0 Å². The third-order valence-corrected chi connectivity index (χ3v) is 3.07. The van der Waals surface area contributed by atoms with Crippen molar-refractivity contribution in [3.8, 4) is 0 Å².